The van der Waals surface area contributed by atoms with Crippen LogP contribution in [0, 0.1) is 17.8 Å². The fraction of sp³-hybridized carbons (Fsp3) is 0.622. The number of nitrogens with zero attached hydrogens (tertiary/aromatic N) is 3. The maximum Gasteiger partial charge on any atom is 0.264 e. The molecule has 4 spiro atoms. The fourth-order valence-corrected chi connectivity index (χ4v) is 15.1. The maximum atomic E-state index is 14.9. The lowest BCUT2D eigenvalue weighted by molar-refractivity contribution is -0.318. The van der Waals surface area contributed by atoms with E-state index in [1.165, 1.54) is 11.1 Å². The van der Waals surface area contributed by atoms with Crippen LogP contribution in [-0.4, -0.2) is 134 Å². The Balaban J connectivity index is 1.07. The van der Waals surface area contributed by atoms with Crippen LogP contribution in [0.4, 0.5) is 11.4 Å². The number of piperidine rings is 6. The van der Waals surface area contributed by atoms with E-state index in [2.05, 4.69) is 39.1 Å². The van der Waals surface area contributed by atoms with E-state index in [0.29, 0.717) is 84.2 Å². The molecule has 2 aromatic carbocycles. The van der Waals surface area contributed by atoms with Crippen LogP contribution in [0.15, 0.2) is 35.4 Å². The van der Waals surface area contributed by atoms with Gasteiger partial charge in [0.1, 0.15) is 17.1 Å². The summed E-state index contributed by atoms with van der Waals surface area (Å²) in [5, 5.41) is 3.29. The highest BCUT2D eigenvalue weighted by Gasteiger charge is 2.85. The van der Waals surface area contributed by atoms with Crippen molar-refractivity contribution >= 4 is 17.3 Å². The van der Waals surface area contributed by atoms with Crippen molar-refractivity contribution < 1.29 is 47.4 Å². The van der Waals surface area contributed by atoms with Gasteiger partial charge in [0.15, 0.2) is 23.0 Å². The fourth-order valence-electron chi connectivity index (χ4n) is 15.1. The largest absolute Gasteiger partial charge is 0.494 e. The number of carbonyl (C=O) groups excluding carboxylic acids is 1. The lowest BCUT2D eigenvalue weighted by Gasteiger charge is -2.59. The minimum atomic E-state index is -1.17. The monoisotopic (exact) mass is 810 g/mol. The second-order valence-electron chi connectivity index (χ2n) is 18.3. The first kappa shape index (κ1) is 36.6. The molecule has 12 heterocycles. The summed E-state index contributed by atoms with van der Waals surface area (Å²) in [5.41, 5.74) is 3.99. The summed E-state index contributed by atoms with van der Waals surface area (Å²) in [7, 11) is 11.8. The number of anilines is 2. The Morgan fingerprint density at radius 1 is 0.814 bits per heavy atom. The van der Waals surface area contributed by atoms with E-state index >= 15 is 0 Å². The molecule has 1 amide bonds. The maximum absolute atomic E-state index is 14.9. The summed E-state index contributed by atoms with van der Waals surface area (Å²) in [6.45, 7) is 5.52. The van der Waals surface area contributed by atoms with Gasteiger partial charge in [0.25, 0.3) is 5.91 Å². The number of amides is 1. The van der Waals surface area contributed by atoms with Crippen molar-refractivity contribution in [1.82, 2.24) is 9.80 Å². The topological polar surface area (TPSA) is 122 Å². The quantitative estimate of drug-likeness (QED) is 0.384. The number of benzene rings is 2. The summed E-state index contributed by atoms with van der Waals surface area (Å²) in [4.78, 5) is 22.7. The van der Waals surface area contributed by atoms with Gasteiger partial charge in [0.2, 0.25) is 5.91 Å². The van der Waals surface area contributed by atoms with Crippen molar-refractivity contribution in [2.75, 3.05) is 92.8 Å². The molecule has 0 saturated carbocycles. The van der Waals surface area contributed by atoms with Crippen molar-refractivity contribution in [1.29, 1.82) is 0 Å². The zero-order valence-electron chi connectivity index (χ0n) is 35.1. The number of allylic oxidation sites excluding steroid dienone is 1. The van der Waals surface area contributed by atoms with Crippen LogP contribution < -0.4 is 38.6 Å². The number of methoxy groups -OCH3 is 7. The molecule has 14 nitrogen and oxygen atoms in total. The Hall–Kier alpha value is -4.21. The van der Waals surface area contributed by atoms with Gasteiger partial charge >= 0.3 is 0 Å². The molecule has 10 fully saturated rings. The zero-order chi connectivity index (χ0) is 40.5. The van der Waals surface area contributed by atoms with Crippen LogP contribution >= 0.6 is 0 Å². The molecule has 14 heteroatoms. The van der Waals surface area contributed by atoms with E-state index in [-0.39, 0.29) is 30.0 Å². The number of fused-ring (bicyclic) bond motifs is 6. The molecule has 0 aromatic heterocycles. The van der Waals surface area contributed by atoms with E-state index < -0.39 is 22.3 Å². The highest BCUT2D eigenvalue weighted by atomic mass is 16.7. The number of carbonyl (C=O) groups is 1. The van der Waals surface area contributed by atoms with Crippen molar-refractivity contribution in [3.8, 4) is 34.5 Å². The minimum absolute atomic E-state index is 0.0235. The zero-order valence-corrected chi connectivity index (χ0v) is 35.1. The lowest BCUT2D eigenvalue weighted by Crippen LogP contribution is -2.71. The molecule has 3 unspecified atom stereocenters. The molecular formula is C45H54N4O10. The smallest absolute Gasteiger partial charge is 0.264 e. The number of hydrogen-bond acceptors (Lipinski definition) is 13. The number of nitrogens with one attached hydrogen (secondary N) is 1. The first-order valence-corrected chi connectivity index (χ1v) is 21.1. The first-order chi connectivity index (χ1) is 28.7. The van der Waals surface area contributed by atoms with Crippen LogP contribution in [-0.2, 0) is 29.8 Å². The molecule has 314 valence electrons. The molecule has 59 heavy (non-hydrogen) atoms. The van der Waals surface area contributed by atoms with Gasteiger partial charge in [0, 0.05) is 79.5 Å². The summed E-state index contributed by atoms with van der Waals surface area (Å²) >= 11 is 0. The molecule has 0 radical (unpaired) electrons. The second-order valence-corrected chi connectivity index (χ2v) is 18.3. The molecule has 14 rings (SSSR count). The predicted octanol–water partition coefficient (Wildman–Crippen LogP) is 4.23. The Labute approximate surface area is 344 Å². The Morgan fingerprint density at radius 3 is 2.22 bits per heavy atom. The van der Waals surface area contributed by atoms with Gasteiger partial charge in [-0.1, -0.05) is 23.3 Å². The van der Waals surface area contributed by atoms with Gasteiger partial charge in [-0.3, -0.25) is 14.6 Å². The van der Waals surface area contributed by atoms with Gasteiger partial charge in [-0.15, -0.1) is 0 Å². The van der Waals surface area contributed by atoms with Gasteiger partial charge < -0.3 is 52.8 Å². The van der Waals surface area contributed by atoms with Crippen molar-refractivity contribution in [2.45, 2.75) is 79.1 Å². The Morgan fingerprint density at radius 2 is 1.53 bits per heavy atom. The SMILES string of the molecule is C/C=C1/CN2C3C[C@@H]1[C@]1(CN4c5c(OC)cc(OC)c(OC)c5[C@]56C[C@H]7[C@@H](CO[C@]45O1)[C@H]1C[C@@H]6N7C/C1=C\COC)[C@@H]2C[C@@]31C(=O)Nc2c(OC)cc(OC)c(OC)c21. The van der Waals surface area contributed by atoms with E-state index in [1.807, 2.05) is 6.07 Å². The van der Waals surface area contributed by atoms with E-state index in [4.69, 9.17) is 42.6 Å². The van der Waals surface area contributed by atoms with Crippen molar-refractivity contribution in [3.05, 3.63) is 46.6 Å². The van der Waals surface area contributed by atoms with Crippen molar-refractivity contribution in [2.24, 2.45) is 17.8 Å². The Kier molecular flexibility index (Phi) is 7.45. The minimum Gasteiger partial charge on any atom is -0.494 e. The second kappa shape index (κ2) is 12.0. The normalized spacial score (nSPS) is 43.0. The molecule has 12 aliphatic rings. The van der Waals surface area contributed by atoms with E-state index in [0.717, 1.165) is 49.2 Å². The molecule has 1 N–H and O–H groups in total. The van der Waals surface area contributed by atoms with Crippen molar-refractivity contribution in [3.63, 3.8) is 0 Å². The van der Waals surface area contributed by atoms with Gasteiger partial charge in [-0.05, 0) is 38.5 Å². The standard InChI is InChI=1S/C45H54N4O10/c1-9-22-18-48-32-13-26(22)44(34(48)17-42(32)35-37(46-41(42)50)28(52-3)14-30(54-5)39(35)56-7)21-49-38-29(53-4)15-31(55-6)40(57-8)36(38)43-16-27-25(20-58-45(43,49)59-44)24-12-33(43)47(27)19-23(24)10-11-51-2/h9-10,14-15,24-27,32-34H,11-13,16-21H2,1-8H3,(H,46,50)/b22-9-,23-10+/t24-,25-,26-,27-,32?,33-,34-,42+,43+,44+,45+/m0/s1. The third kappa shape index (κ3) is 3.84. The van der Waals surface area contributed by atoms with Crippen LogP contribution in [0.3, 0.4) is 0 Å². The number of ether oxygens (including phenoxy) is 9. The van der Waals surface area contributed by atoms with Crippen LogP contribution in [0.2, 0.25) is 0 Å². The van der Waals surface area contributed by atoms with E-state index in [1.54, 1.807) is 55.8 Å². The molecule has 12 aliphatic heterocycles. The molecular weight excluding hydrogens is 757 g/mol. The predicted molar refractivity (Wildman–Crippen MR) is 215 cm³/mol. The summed E-state index contributed by atoms with van der Waals surface area (Å²) in [6.07, 6.45) is 7.69. The molecule has 10 saturated heterocycles. The average molecular weight is 811 g/mol. The van der Waals surface area contributed by atoms with Gasteiger partial charge in [-0.2, -0.15) is 0 Å². The van der Waals surface area contributed by atoms with E-state index in [9.17, 15) is 4.79 Å². The summed E-state index contributed by atoms with van der Waals surface area (Å²) in [6, 6.07) is 3.95. The average Bonchev–Trinajstić information content (AvgIpc) is 3.95. The third-order valence-corrected chi connectivity index (χ3v) is 17.1. The first-order valence-electron chi connectivity index (χ1n) is 21.1. The Bertz CT molecular complexity index is 2280. The molecule has 0 aliphatic carbocycles. The highest BCUT2D eigenvalue weighted by Crippen LogP contribution is 2.77. The third-order valence-electron chi connectivity index (χ3n) is 17.1. The van der Waals surface area contributed by atoms with Gasteiger partial charge in [0.05, 0.1) is 84.6 Å². The highest BCUT2D eigenvalue weighted by molar-refractivity contribution is 6.10. The molecule has 9 bridgehead atoms. The molecule has 13 atom stereocenters. The number of rotatable bonds is 8. The summed E-state index contributed by atoms with van der Waals surface area (Å²) < 4.78 is 58.3. The van der Waals surface area contributed by atoms with Crippen LogP contribution in [0.1, 0.15) is 43.7 Å². The van der Waals surface area contributed by atoms with Crippen LogP contribution in [0.25, 0.3) is 0 Å². The number of hydrogen-bond donors (Lipinski definition) is 1. The van der Waals surface area contributed by atoms with Gasteiger partial charge in [-0.25, -0.2) is 0 Å². The van der Waals surface area contributed by atoms with Crippen LogP contribution in [0.5, 0.6) is 34.5 Å². The molecule has 2 aromatic rings. The summed E-state index contributed by atoms with van der Waals surface area (Å²) in [5.74, 6) is 3.25. The lowest BCUT2D eigenvalue weighted by atomic mass is 9.65.